The van der Waals surface area contributed by atoms with Crippen molar-refractivity contribution in [1.29, 1.82) is 0 Å². The van der Waals surface area contributed by atoms with Gasteiger partial charge in [-0.2, -0.15) is 0 Å². The van der Waals surface area contributed by atoms with Crippen molar-refractivity contribution in [1.82, 2.24) is 10.2 Å². The molecule has 0 aromatic heterocycles. The highest BCUT2D eigenvalue weighted by molar-refractivity contribution is 14.1. The van der Waals surface area contributed by atoms with E-state index in [1.54, 1.807) is 30.0 Å². The molecule has 0 bridgehead atoms. The van der Waals surface area contributed by atoms with Gasteiger partial charge >= 0.3 is 5.97 Å². The molecule has 0 saturated carbocycles. The number of benzene rings is 1. The van der Waals surface area contributed by atoms with Crippen molar-refractivity contribution in [2.45, 2.75) is 17.8 Å². The summed E-state index contributed by atoms with van der Waals surface area (Å²) in [6.07, 6.45) is 0.358. The molecule has 1 saturated heterocycles. The van der Waals surface area contributed by atoms with Crippen molar-refractivity contribution in [3.05, 3.63) is 45.1 Å². The Kier molecular flexibility index (Phi) is 6.38. The number of β-lactam (4-membered cyclic amide) rings is 1. The molecule has 2 N–H and O–H groups in total. The lowest BCUT2D eigenvalue weighted by Gasteiger charge is -2.49. The van der Waals surface area contributed by atoms with Crippen LogP contribution in [0.4, 0.5) is 0 Å². The maximum atomic E-state index is 12.5. The molecule has 5 nitrogen and oxygen atoms in total. The Balaban J connectivity index is 1.70. The molecule has 0 radical (unpaired) electrons. The molecule has 3 rings (SSSR count). The molecule has 0 aliphatic carbocycles. The molecule has 0 unspecified atom stereocenters. The van der Waals surface area contributed by atoms with Gasteiger partial charge in [0.2, 0.25) is 0 Å². The minimum atomic E-state index is -1.07. The molecule has 26 heavy (non-hydrogen) atoms. The van der Waals surface area contributed by atoms with Crippen LogP contribution in [-0.2, 0) is 16.0 Å². The van der Waals surface area contributed by atoms with E-state index in [0.717, 1.165) is 11.1 Å². The number of thioether (sulfide) groups is 1. The zero-order valence-corrected chi connectivity index (χ0v) is 18.5. The summed E-state index contributed by atoms with van der Waals surface area (Å²) in [7, 11) is 0. The van der Waals surface area contributed by atoms with Gasteiger partial charge in [-0.1, -0.05) is 58.0 Å². The molecule has 2 aliphatic rings. The van der Waals surface area contributed by atoms with Gasteiger partial charge < -0.3 is 10.4 Å². The van der Waals surface area contributed by atoms with E-state index in [1.165, 1.54) is 4.90 Å². The van der Waals surface area contributed by atoms with Crippen LogP contribution < -0.4 is 5.32 Å². The maximum absolute atomic E-state index is 12.5. The van der Waals surface area contributed by atoms with Crippen molar-refractivity contribution in [2.75, 3.05) is 10.2 Å². The summed E-state index contributed by atoms with van der Waals surface area (Å²) < 4.78 is 0.576. The first-order valence-corrected chi connectivity index (χ1v) is 11.3. The zero-order chi connectivity index (χ0) is 19.0. The average Bonchev–Trinajstić information content (AvgIpc) is 2.61. The third kappa shape index (κ3) is 3.84. The van der Waals surface area contributed by atoms with Crippen molar-refractivity contribution in [2.24, 2.45) is 0 Å². The average molecular weight is 543 g/mol. The summed E-state index contributed by atoms with van der Waals surface area (Å²) in [6.45, 7) is 0. The highest BCUT2D eigenvalue weighted by atomic mass is 127. The number of fused-ring (bicyclic) bond motifs is 1. The van der Waals surface area contributed by atoms with E-state index in [9.17, 15) is 14.7 Å². The molecule has 1 aromatic carbocycles. The van der Waals surface area contributed by atoms with Gasteiger partial charge in [-0.25, -0.2) is 4.79 Å². The smallest absolute Gasteiger partial charge is 0.352 e. The lowest BCUT2D eigenvalue weighted by Crippen LogP contribution is -2.70. The number of amides is 1. The Morgan fingerprint density at radius 3 is 2.85 bits per heavy atom. The molecule has 10 heteroatoms. The predicted molar refractivity (Wildman–Crippen MR) is 116 cm³/mol. The standard InChI is InChI=1S/C16H13Cl2IN2O3S2/c17-9-1-2-10(18)7(3-9)4-11(25)20-12-14(22)21-13(16(23)24)8(5-19)6-26-15(12)21/h1-3,12,15H,4-6H2,(H,20,25)(H,23,24)/t12-,15-/m1/s1. The van der Waals surface area contributed by atoms with Crippen LogP contribution in [-0.4, -0.2) is 48.5 Å². The highest BCUT2D eigenvalue weighted by Gasteiger charge is 2.53. The molecule has 0 spiro atoms. The number of hydrogen-bond donors (Lipinski definition) is 2. The topological polar surface area (TPSA) is 69.6 Å². The summed E-state index contributed by atoms with van der Waals surface area (Å²) in [4.78, 5) is 25.9. The van der Waals surface area contributed by atoms with Gasteiger partial charge in [-0.15, -0.1) is 11.8 Å². The molecule has 2 heterocycles. The first-order chi connectivity index (χ1) is 12.3. The number of aliphatic carboxylic acids is 1. The Morgan fingerprint density at radius 2 is 2.19 bits per heavy atom. The Bertz CT molecular complexity index is 834. The second-order valence-electron chi connectivity index (χ2n) is 5.76. The number of carbonyl (C=O) groups excluding carboxylic acids is 1. The van der Waals surface area contributed by atoms with E-state index < -0.39 is 12.0 Å². The van der Waals surface area contributed by atoms with E-state index in [1.807, 2.05) is 0 Å². The fourth-order valence-electron chi connectivity index (χ4n) is 2.86. The monoisotopic (exact) mass is 542 g/mol. The molecule has 2 aliphatic heterocycles. The number of hydrogen-bond acceptors (Lipinski definition) is 4. The summed E-state index contributed by atoms with van der Waals surface area (Å²) in [5, 5.41) is 13.4. The van der Waals surface area contributed by atoms with Crippen LogP contribution in [0, 0.1) is 0 Å². The molecule has 1 fully saturated rings. The second kappa shape index (κ2) is 8.22. The summed E-state index contributed by atoms with van der Waals surface area (Å²) in [5.41, 5.74) is 1.64. The molecule has 1 aromatic rings. The molecule has 138 valence electrons. The van der Waals surface area contributed by atoms with E-state index in [0.29, 0.717) is 31.6 Å². The Morgan fingerprint density at radius 1 is 1.46 bits per heavy atom. The van der Waals surface area contributed by atoms with Gasteiger partial charge in [0.1, 0.15) is 17.1 Å². The molecule has 2 atom stereocenters. The Hall–Kier alpha value is -0.550. The minimum absolute atomic E-state index is 0.106. The van der Waals surface area contributed by atoms with Crippen molar-refractivity contribution in [3.63, 3.8) is 0 Å². The number of nitrogens with zero attached hydrogens (tertiary/aromatic N) is 1. The number of halogens is 3. The molecular weight excluding hydrogens is 530 g/mol. The number of carbonyl (C=O) groups is 2. The fraction of sp³-hybridized carbons (Fsp3) is 0.312. The van der Waals surface area contributed by atoms with Crippen LogP contribution >= 0.6 is 69.8 Å². The lowest BCUT2D eigenvalue weighted by molar-refractivity contribution is -0.148. The zero-order valence-electron chi connectivity index (χ0n) is 13.2. The van der Waals surface area contributed by atoms with E-state index >= 15 is 0 Å². The van der Waals surface area contributed by atoms with Gasteiger partial charge in [0, 0.05) is 26.6 Å². The van der Waals surface area contributed by atoms with Crippen LogP contribution in [0.2, 0.25) is 10.0 Å². The first-order valence-electron chi connectivity index (χ1n) is 7.52. The van der Waals surface area contributed by atoms with Crippen LogP contribution in [0.5, 0.6) is 0 Å². The van der Waals surface area contributed by atoms with E-state index in [2.05, 4.69) is 27.9 Å². The third-order valence-corrected chi connectivity index (χ3v) is 7.21. The minimum Gasteiger partial charge on any atom is -0.477 e. The van der Waals surface area contributed by atoms with Crippen LogP contribution in [0.3, 0.4) is 0 Å². The van der Waals surface area contributed by atoms with Gasteiger partial charge in [-0.05, 0) is 29.3 Å². The van der Waals surface area contributed by atoms with Crippen molar-refractivity contribution >= 4 is 86.6 Å². The van der Waals surface area contributed by atoms with Crippen molar-refractivity contribution in [3.8, 4) is 0 Å². The van der Waals surface area contributed by atoms with Gasteiger partial charge in [0.05, 0.1) is 4.99 Å². The van der Waals surface area contributed by atoms with E-state index in [-0.39, 0.29) is 17.0 Å². The summed E-state index contributed by atoms with van der Waals surface area (Å²) in [6, 6.07) is 4.60. The number of carboxylic acids is 1. The number of thiocarbonyl (C=S) groups is 1. The molecule has 1 amide bonds. The largest absolute Gasteiger partial charge is 0.477 e. The molecular formula is C16H13Cl2IN2O3S2. The number of alkyl halides is 1. The number of rotatable bonds is 5. The van der Waals surface area contributed by atoms with Crippen LogP contribution in [0.15, 0.2) is 29.5 Å². The predicted octanol–water partition coefficient (Wildman–Crippen LogP) is 3.51. The highest BCUT2D eigenvalue weighted by Crippen LogP contribution is 2.40. The van der Waals surface area contributed by atoms with Crippen molar-refractivity contribution < 1.29 is 14.7 Å². The fourth-order valence-corrected chi connectivity index (χ4v) is 5.87. The summed E-state index contributed by atoms with van der Waals surface area (Å²) >= 11 is 21.2. The third-order valence-electron chi connectivity index (χ3n) is 4.09. The van der Waals surface area contributed by atoms with Gasteiger partial charge in [0.25, 0.3) is 5.91 Å². The Labute approximate surface area is 183 Å². The first kappa shape index (κ1) is 20.2. The summed E-state index contributed by atoms with van der Waals surface area (Å²) in [5.74, 6) is -0.757. The lowest BCUT2D eigenvalue weighted by atomic mass is 10.0. The maximum Gasteiger partial charge on any atom is 0.352 e. The SMILES string of the molecule is O=C(O)C1=C(CI)CS[C@@H]2[C@H](NC(=S)Cc3cc(Cl)ccc3Cl)C(=O)N12. The second-order valence-corrected chi connectivity index (χ2v) is 8.96. The number of carboxylic acid groups (broad SMARTS) is 1. The van der Waals surface area contributed by atoms with Gasteiger partial charge in [-0.3, -0.25) is 9.69 Å². The quantitative estimate of drug-likeness (QED) is 0.257. The van der Waals surface area contributed by atoms with Crippen LogP contribution in [0.25, 0.3) is 0 Å². The van der Waals surface area contributed by atoms with Gasteiger partial charge in [0.15, 0.2) is 0 Å². The van der Waals surface area contributed by atoms with E-state index in [4.69, 9.17) is 35.4 Å². The normalized spacial score (nSPS) is 22.0. The number of nitrogens with one attached hydrogen (secondary N) is 1. The van der Waals surface area contributed by atoms with Crippen LogP contribution in [0.1, 0.15) is 5.56 Å².